The van der Waals surface area contributed by atoms with Crippen LogP contribution in [0.3, 0.4) is 0 Å². The predicted molar refractivity (Wildman–Crippen MR) is 108 cm³/mol. The highest BCUT2D eigenvalue weighted by molar-refractivity contribution is 5.77. The molecule has 5 rings (SSSR count). The second-order valence-electron chi connectivity index (χ2n) is 8.26. The SMILES string of the molecule is O=C(N1CC[C@]2(CNCCO2)C1)N1CCc2ccccc2[C@H]1c1ccc(F)cc1. The van der Waals surface area contributed by atoms with Gasteiger partial charge in [0, 0.05) is 26.2 Å². The van der Waals surface area contributed by atoms with Crippen LogP contribution in [0.1, 0.15) is 29.2 Å². The van der Waals surface area contributed by atoms with E-state index < -0.39 is 0 Å². The number of morpholine rings is 1. The Bertz CT molecular complexity index is 895. The van der Waals surface area contributed by atoms with Crippen molar-refractivity contribution in [1.29, 1.82) is 0 Å². The van der Waals surface area contributed by atoms with Crippen molar-refractivity contribution in [3.8, 4) is 0 Å². The Morgan fingerprint density at radius 3 is 2.76 bits per heavy atom. The van der Waals surface area contributed by atoms with Crippen molar-refractivity contribution >= 4 is 6.03 Å². The Balaban J connectivity index is 1.45. The molecule has 3 aliphatic heterocycles. The smallest absolute Gasteiger partial charge is 0.320 e. The van der Waals surface area contributed by atoms with Crippen LogP contribution >= 0.6 is 0 Å². The van der Waals surface area contributed by atoms with E-state index in [-0.39, 0.29) is 23.5 Å². The van der Waals surface area contributed by atoms with Crippen LogP contribution < -0.4 is 5.32 Å². The van der Waals surface area contributed by atoms with Crippen molar-refractivity contribution in [3.05, 3.63) is 71.0 Å². The van der Waals surface area contributed by atoms with Crippen LogP contribution in [-0.2, 0) is 11.2 Å². The van der Waals surface area contributed by atoms with Gasteiger partial charge in [-0.2, -0.15) is 0 Å². The number of benzene rings is 2. The maximum absolute atomic E-state index is 13.6. The molecule has 1 spiro atoms. The number of urea groups is 1. The number of rotatable bonds is 1. The Kier molecular flexibility index (Phi) is 4.76. The first-order chi connectivity index (χ1) is 14.2. The van der Waals surface area contributed by atoms with Crippen molar-refractivity contribution in [2.75, 3.05) is 39.3 Å². The van der Waals surface area contributed by atoms with Gasteiger partial charge < -0.3 is 19.9 Å². The van der Waals surface area contributed by atoms with Crippen LogP contribution in [0.4, 0.5) is 9.18 Å². The number of ether oxygens (including phenoxy) is 1. The largest absolute Gasteiger partial charge is 0.370 e. The number of hydrogen-bond acceptors (Lipinski definition) is 3. The molecule has 2 fully saturated rings. The van der Waals surface area contributed by atoms with Gasteiger partial charge in [0.15, 0.2) is 0 Å². The van der Waals surface area contributed by atoms with E-state index in [0.29, 0.717) is 26.2 Å². The van der Waals surface area contributed by atoms with E-state index in [4.69, 9.17) is 4.74 Å². The number of nitrogens with zero attached hydrogens (tertiary/aromatic N) is 2. The third kappa shape index (κ3) is 3.40. The van der Waals surface area contributed by atoms with E-state index in [1.807, 2.05) is 21.9 Å². The topological polar surface area (TPSA) is 44.8 Å². The summed E-state index contributed by atoms with van der Waals surface area (Å²) in [5.74, 6) is -0.265. The van der Waals surface area contributed by atoms with E-state index in [1.54, 1.807) is 12.1 Å². The lowest BCUT2D eigenvalue weighted by Gasteiger charge is -2.40. The van der Waals surface area contributed by atoms with E-state index in [1.165, 1.54) is 17.7 Å². The van der Waals surface area contributed by atoms with Gasteiger partial charge in [-0.3, -0.25) is 0 Å². The lowest BCUT2D eigenvalue weighted by Crippen LogP contribution is -2.53. The summed E-state index contributed by atoms with van der Waals surface area (Å²) in [5, 5.41) is 3.40. The highest BCUT2D eigenvalue weighted by Gasteiger charge is 2.44. The number of hydrogen-bond donors (Lipinski definition) is 1. The number of amides is 2. The van der Waals surface area contributed by atoms with Crippen molar-refractivity contribution in [3.63, 3.8) is 0 Å². The lowest BCUT2D eigenvalue weighted by molar-refractivity contribution is -0.0559. The highest BCUT2D eigenvalue weighted by Crippen LogP contribution is 2.37. The summed E-state index contributed by atoms with van der Waals surface area (Å²) < 4.78 is 19.6. The van der Waals surface area contributed by atoms with Crippen LogP contribution in [0.25, 0.3) is 0 Å². The maximum Gasteiger partial charge on any atom is 0.320 e. The van der Waals surface area contributed by atoms with Gasteiger partial charge in [-0.15, -0.1) is 0 Å². The molecule has 5 nitrogen and oxygen atoms in total. The molecule has 2 aromatic carbocycles. The minimum absolute atomic E-state index is 0.0416. The van der Waals surface area contributed by atoms with Crippen LogP contribution in [0.15, 0.2) is 48.5 Å². The molecule has 1 N–H and O–H groups in total. The molecular weight excluding hydrogens is 369 g/mol. The Morgan fingerprint density at radius 2 is 1.97 bits per heavy atom. The summed E-state index contributed by atoms with van der Waals surface area (Å²) in [6, 6.07) is 14.6. The third-order valence-electron chi connectivity index (χ3n) is 6.44. The minimum atomic E-state index is -0.265. The van der Waals surface area contributed by atoms with E-state index in [9.17, 15) is 9.18 Å². The van der Waals surface area contributed by atoms with Crippen molar-refractivity contribution in [2.24, 2.45) is 0 Å². The van der Waals surface area contributed by atoms with Gasteiger partial charge in [-0.25, -0.2) is 9.18 Å². The fourth-order valence-corrected chi connectivity index (χ4v) is 4.94. The van der Waals surface area contributed by atoms with Crippen LogP contribution in [-0.4, -0.2) is 60.8 Å². The van der Waals surface area contributed by atoms with Gasteiger partial charge in [0.2, 0.25) is 0 Å². The molecular formula is C23H26FN3O2. The van der Waals surface area contributed by atoms with E-state index >= 15 is 0 Å². The second-order valence-corrected chi connectivity index (χ2v) is 8.26. The third-order valence-corrected chi connectivity index (χ3v) is 6.44. The van der Waals surface area contributed by atoms with E-state index in [2.05, 4.69) is 17.4 Å². The molecule has 2 aromatic rings. The fraction of sp³-hybridized carbons (Fsp3) is 0.435. The molecule has 2 amide bonds. The van der Waals surface area contributed by atoms with Crippen LogP contribution in [0.5, 0.6) is 0 Å². The first-order valence-electron chi connectivity index (χ1n) is 10.4. The molecule has 0 aliphatic carbocycles. The molecule has 0 unspecified atom stereocenters. The molecule has 2 saturated heterocycles. The van der Waals surface area contributed by atoms with Crippen molar-refractivity contribution in [1.82, 2.24) is 15.1 Å². The summed E-state index contributed by atoms with van der Waals surface area (Å²) in [6.07, 6.45) is 1.69. The summed E-state index contributed by atoms with van der Waals surface area (Å²) in [6.45, 7) is 4.33. The average molecular weight is 395 g/mol. The van der Waals surface area contributed by atoms with E-state index in [0.717, 1.165) is 37.1 Å². The average Bonchev–Trinajstić information content (AvgIpc) is 3.17. The normalized spacial score (nSPS) is 26.6. The lowest BCUT2D eigenvalue weighted by atomic mass is 9.88. The van der Waals surface area contributed by atoms with Gasteiger partial charge in [-0.1, -0.05) is 36.4 Å². The van der Waals surface area contributed by atoms with Gasteiger partial charge in [0.1, 0.15) is 5.82 Å². The molecule has 0 radical (unpaired) electrons. The molecule has 2 atom stereocenters. The van der Waals surface area contributed by atoms with Crippen molar-refractivity contribution < 1.29 is 13.9 Å². The second kappa shape index (κ2) is 7.43. The zero-order valence-corrected chi connectivity index (χ0v) is 16.4. The number of carbonyl (C=O) groups is 1. The van der Waals surface area contributed by atoms with Gasteiger partial charge in [0.05, 0.1) is 24.8 Å². The van der Waals surface area contributed by atoms with Gasteiger partial charge >= 0.3 is 6.03 Å². The minimum Gasteiger partial charge on any atom is -0.370 e. The first-order valence-corrected chi connectivity index (χ1v) is 10.4. The molecule has 152 valence electrons. The predicted octanol–water partition coefficient (Wildman–Crippen LogP) is 2.96. The Labute approximate surface area is 170 Å². The molecule has 0 saturated carbocycles. The standard InChI is InChI=1S/C23H26FN3O2/c24-19-7-5-18(6-8-19)21-20-4-2-1-3-17(20)9-12-27(21)22(28)26-13-10-23(16-26)15-25-11-14-29-23/h1-8,21,25H,9-16H2/t21-,23+/m1/s1. The van der Waals surface area contributed by atoms with Gasteiger partial charge in [0.25, 0.3) is 0 Å². The molecule has 0 aromatic heterocycles. The number of fused-ring (bicyclic) bond motifs is 1. The van der Waals surface area contributed by atoms with Crippen molar-refractivity contribution in [2.45, 2.75) is 24.5 Å². The molecule has 3 heterocycles. The van der Waals surface area contributed by atoms with Crippen LogP contribution in [0.2, 0.25) is 0 Å². The highest BCUT2D eigenvalue weighted by atomic mass is 19.1. The quantitative estimate of drug-likeness (QED) is 0.808. The van der Waals surface area contributed by atoms with Crippen LogP contribution in [0, 0.1) is 5.82 Å². The number of halogens is 1. The zero-order chi connectivity index (χ0) is 19.8. The fourth-order valence-electron chi connectivity index (χ4n) is 4.94. The Morgan fingerprint density at radius 1 is 1.14 bits per heavy atom. The first kappa shape index (κ1) is 18.6. The summed E-state index contributed by atoms with van der Waals surface area (Å²) in [5.41, 5.74) is 3.07. The molecule has 0 bridgehead atoms. The monoisotopic (exact) mass is 395 g/mol. The number of carbonyl (C=O) groups excluding carboxylic acids is 1. The summed E-state index contributed by atoms with van der Waals surface area (Å²) >= 11 is 0. The summed E-state index contributed by atoms with van der Waals surface area (Å²) in [7, 11) is 0. The van der Waals surface area contributed by atoms with Gasteiger partial charge in [-0.05, 0) is 41.7 Å². The number of nitrogens with one attached hydrogen (secondary N) is 1. The molecule has 3 aliphatic rings. The summed E-state index contributed by atoms with van der Waals surface area (Å²) in [4.78, 5) is 17.5. The number of likely N-dealkylation sites (tertiary alicyclic amines) is 1. The zero-order valence-electron chi connectivity index (χ0n) is 16.4. The molecule has 6 heteroatoms. The Hall–Kier alpha value is -2.44. The maximum atomic E-state index is 13.6. The molecule has 29 heavy (non-hydrogen) atoms.